The molecule has 8 nitrogen and oxygen atoms in total. The minimum atomic E-state index is -1.65. The van der Waals surface area contributed by atoms with Gasteiger partial charge in [0.15, 0.2) is 11.9 Å². The van der Waals surface area contributed by atoms with Gasteiger partial charge in [-0.25, -0.2) is 4.79 Å². The Labute approximate surface area is 249 Å². The maximum absolute atomic E-state index is 14.0. The molecule has 0 aromatic rings. The van der Waals surface area contributed by atoms with Gasteiger partial charge in [0.25, 0.3) is 0 Å². The number of aliphatic hydroxyl groups excluding tert-OH is 3. The Hall–Kier alpha value is 0.122. The zero-order chi connectivity index (χ0) is 26.5. The topological polar surface area (TPSA) is 145 Å². The summed E-state index contributed by atoms with van der Waals surface area (Å²) in [5.41, 5.74) is -4.65. The molecule has 4 aliphatic carbocycles. The average Bonchev–Trinajstić information content (AvgIpc) is 2.76. The molecule has 0 aromatic carbocycles. The third kappa shape index (κ3) is 3.89. The van der Waals surface area contributed by atoms with Gasteiger partial charge >= 0.3 is 5.97 Å². The van der Waals surface area contributed by atoms with Crippen molar-refractivity contribution in [3.63, 3.8) is 0 Å². The molecular formula is C27H42AcO8. The van der Waals surface area contributed by atoms with Crippen molar-refractivity contribution >= 4 is 11.8 Å². The van der Waals surface area contributed by atoms with Crippen molar-refractivity contribution < 1.29 is 83.9 Å². The molecular weight excluding hydrogens is 679 g/mol. The van der Waals surface area contributed by atoms with E-state index < -0.39 is 70.0 Å². The van der Waals surface area contributed by atoms with Crippen LogP contribution in [0, 0.1) is 78.6 Å². The number of hydrogen-bond donors (Lipinski definition) is 5. The van der Waals surface area contributed by atoms with Crippen LogP contribution in [-0.2, 0) is 14.3 Å². The van der Waals surface area contributed by atoms with Crippen molar-refractivity contribution in [3.8, 4) is 0 Å². The van der Waals surface area contributed by atoms with Gasteiger partial charge in [0.05, 0.1) is 22.7 Å². The van der Waals surface area contributed by atoms with Crippen molar-refractivity contribution in [3.05, 3.63) is 11.1 Å². The summed E-state index contributed by atoms with van der Waals surface area (Å²) in [7, 11) is 0. The quantitative estimate of drug-likeness (QED) is 0.218. The fourth-order valence-electron chi connectivity index (χ4n) is 8.10. The van der Waals surface area contributed by atoms with Gasteiger partial charge in [-0.05, 0) is 62.0 Å². The molecule has 0 amide bonds. The van der Waals surface area contributed by atoms with Crippen LogP contribution in [0.3, 0.4) is 0 Å². The van der Waals surface area contributed by atoms with Crippen LogP contribution >= 0.6 is 0 Å². The summed E-state index contributed by atoms with van der Waals surface area (Å²) in [5.74, 6) is -3.46. The Morgan fingerprint density at radius 1 is 1.14 bits per heavy atom. The maximum Gasteiger partial charge on any atom is 0.335 e. The Kier molecular flexibility index (Phi) is 8.21. The smallest absolute Gasteiger partial charge is 0.335 e. The van der Waals surface area contributed by atoms with Crippen LogP contribution in [-0.4, -0.2) is 72.9 Å². The molecule has 3 fully saturated rings. The van der Waals surface area contributed by atoms with E-state index in [1.54, 1.807) is 48.5 Å². The first-order chi connectivity index (χ1) is 16.0. The molecule has 0 heterocycles. The first-order valence-electron chi connectivity index (χ1n) is 12.9. The van der Waals surface area contributed by atoms with Crippen molar-refractivity contribution in [1.29, 1.82) is 0 Å². The van der Waals surface area contributed by atoms with E-state index in [0.717, 1.165) is 6.42 Å². The molecule has 0 aliphatic heterocycles. The van der Waals surface area contributed by atoms with Crippen LogP contribution in [0.2, 0.25) is 0 Å². The molecule has 4 aliphatic rings. The largest absolute Gasteiger partial charge is 0.456 e. The second kappa shape index (κ2) is 9.64. The summed E-state index contributed by atoms with van der Waals surface area (Å²) in [6, 6.07) is 0. The summed E-state index contributed by atoms with van der Waals surface area (Å²) in [6.45, 7) is 12.0. The number of carbonyl (C=O) groups excluding carboxylic acids is 2. The molecule has 1 radical (unpaired) electrons. The van der Waals surface area contributed by atoms with Gasteiger partial charge in [0.2, 0.25) is 0 Å². The molecule has 201 valence electrons. The number of fused-ring (bicyclic) bond motifs is 5. The number of ether oxygens (including phenoxy) is 1. The van der Waals surface area contributed by atoms with Crippen LogP contribution < -0.4 is 0 Å². The molecule has 0 saturated heterocycles. The van der Waals surface area contributed by atoms with Gasteiger partial charge in [-0.15, -0.1) is 0 Å². The molecule has 6 unspecified atom stereocenters. The number of aliphatic hydroxyl groups is 5. The molecule has 9 heteroatoms. The predicted molar refractivity (Wildman–Crippen MR) is 127 cm³/mol. The first kappa shape index (κ1) is 30.7. The second-order valence-electron chi connectivity index (χ2n) is 12.8. The summed E-state index contributed by atoms with van der Waals surface area (Å²) in [6.07, 6.45) is -3.59. The van der Waals surface area contributed by atoms with E-state index in [0.29, 0.717) is 12.0 Å². The fraction of sp³-hybridized carbons (Fsp3) is 0.852. The molecule has 0 spiro atoms. The number of hydrogen-bond acceptors (Lipinski definition) is 8. The standard InChI is InChI=1S/C27H42O8.Ac/c1-12(2)19(29)23(32)35-16-11-27(34)14(4)21-25(7,17(28)10-15-8-9-26(15,21)33)22(31)20(30)18(13(16)3)24(27,5)6;/h12,14-17,19-21,28-30,33-34H,8-11H2,1-7H3;/t14-,15+,16?,17?,19?,20?,21?,25+,26-,27?;/m0./s1. The predicted octanol–water partition coefficient (Wildman–Crippen LogP) is 1.50. The Balaban J connectivity index is 0.00000361. The Bertz CT molecular complexity index is 961. The van der Waals surface area contributed by atoms with E-state index in [2.05, 4.69) is 0 Å². The number of esters is 1. The van der Waals surface area contributed by atoms with Crippen LogP contribution in [0.5, 0.6) is 0 Å². The minimum Gasteiger partial charge on any atom is -0.456 e. The normalized spacial score (nSPS) is 46.4. The van der Waals surface area contributed by atoms with Crippen molar-refractivity contribution in [1.82, 2.24) is 0 Å². The van der Waals surface area contributed by atoms with E-state index in [9.17, 15) is 35.1 Å². The molecule has 2 bridgehead atoms. The van der Waals surface area contributed by atoms with Gasteiger partial charge in [0, 0.05) is 61.8 Å². The summed E-state index contributed by atoms with van der Waals surface area (Å²) in [4.78, 5) is 26.7. The Morgan fingerprint density at radius 3 is 2.22 bits per heavy atom. The van der Waals surface area contributed by atoms with Crippen molar-refractivity contribution in [2.45, 2.75) is 110 Å². The van der Waals surface area contributed by atoms with Gasteiger partial charge < -0.3 is 30.3 Å². The summed E-state index contributed by atoms with van der Waals surface area (Å²) in [5, 5.41) is 57.2. The van der Waals surface area contributed by atoms with E-state index in [-0.39, 0.29) is 74.3 Å². The number of ketones is 1. The summed E-state index contributed by atoms with van der Waals surface area (Å²) < 4.78 is 5.68. The average molecular weight is 722 g/mol. The third-order valence-electron chi connectivity index (χ3n) is 10.6. The minimum absolute atomic E-state index is 0. The van der Waals surface area contributed by atoms with E-state index in [4.69, 9.17) is 4.74 Å². The van der Waals surface area contributed by atoms with Crippen LogP contribution in [0.1, 0.15) is 74.1 Å². The number of rotatable bonds is 3. The van der Waals surface area contributed by atoms with Gasteiger partial charge in [0.1, 0.15) is 12.2 Å². The fourth-order valence-corrected chi connectivity index (χ4v) is 8.10. The third-order valence-corrected chi connectivity index (χ3v) is 10.6. The molecule has 4 rings (SSSR count). The second-order valence-corrected chi connectivity index (χ2v) is 12.8. The van der Waals surface area contributed by atoms with Gasteiger partial charge in [-0.1, -0.05) is 34.6 Å². The van der Waals surface area contributed by atoms with Crippen molar-refractivity contribution in [2.24, 2.45) is 34.5 Å². The zero-order valence-electron chi connectivity index (χ0n) is 22.5. The molecule has 3 saturated carbocycles. The molecule has 36 heavy (non-hydrogen) atoms. The van der Waals surface area contributed by atoms with Crippen LogP contribution in [0.25, 0.3) is 0 Å². The van der Waals surface area contributed by atoms with Crippen LogP contribution in [0.4, 0.5) is 0 Å². The van der Waals surface area contributed by atoms with E-state index in [1.165, 1.54) is 0 Å². The van der Waals surface area contributed by atoms with Gasteiger partial charge in [-0.3, -0.25) is 4.79 Å². The number of Topliss-reactive ketones (excluding diaryl/α,β-unsaturated/α-hetero) is 1. The SMILES string of the molecule is CC1=C2C(O)C(=O)[C@]3(C)C(O)C[C@H]4CC[C@@]4(O)C3[C@H](C)C(O)(CC1OC(=O)C(O)C(C)C)C2(C)C.[Ac]. The molecule has 0 aromatic heterocycles. The van der Waals surface area contributed by atoms with Crippen molar-refractivity contribution in [2.75, 3.05) is 0 Å². The maximum atomic E-state index is 14.0. The Morgan fingerprint density at radius 2 is 1.72 bits per heavy atom. The summed E-state index contributed by atoms with van der Waals surface area (Å²) >= 11 is 0. The van der Waals surface area contributed by atoms with Gasteiger partial charge in [-0.2, -0.15) is 0 Å². The first-order valence-corrected chi connectivity index (χ1v) is 12.9. The monoisotopic (exact) mass is 721 g/mol. The van der Waals surface area contributed by atoms with E-state index >= 15 is 0 Å². The van der Waals surface area contributed by atoms with Crippen LogP contribution in [0.15, 0.2) is 11.1 Å². The van der Waals surface area contributed by atoms with E-state index in [1.807, 2.05) is 0 Å². The molecule has 5 N–H and O–H groups in total. The zero-order valence-corrected chi connectivity index (χ0v) is 27.2. The molecule has 10 atom stereocenters. The number of carbonyl (C=O) groups is 2.